The molecular formula is C38H52N18O4. The number of carbonyl (C=O) groups is 2. The number of rotatable bonds is 16. The maximum absolute atomic E-state index is 12.8. The molecule has 0 aliphatic carbocycles. The average molecular weight is 825 g/mol. The predicted octanol–water partition coefficient (Wildman–Crippen LogP) is 6.04. The largest absolute Gasteiger partial charge is 0.465 e. The molecule has 0 amide bonds. The number of nitrogens with one attached hydrogen (secondary N) is 2. The summed E-state index contributed by atoms with van der Waals surface area (Å²) in [5, 5.41) is 43.8. The predicted molar refractivity (Wildman–Crippen MR) is 220 cm³/mol. The van der Waals surface area contributed by atoms with Gasteiger partial charge >= 0.3 is 11.9 Å². The molecule has 7 rings (SSSR count). The lowest BCUT2D eigenvalue weighted by molar-refractivity contribution is 0.0592. The summed E-state index contributed by atoms with van der Waals surface area (Å²) in [5.41, 5.74) is 15.8. The molecule has 2 aliphatic rings. The van der Waals surface area contributed by atoms with E-state index in [1.54, 1.807) is 15.4 Å². The number of esters is 2. The third kappa shape index (κ3) is 8.64. The fraction of sp³-hybridized carbons (Fsp3) is 0.526. The lowest BCUT2D eigenvalue weighted by Crippen LogP contribution is -2.31. The van der Waals surface area contributed by atoms with E-state index in [1.165, 1.54) is 42.3 Å². The summed E-state index contributed by atoms with van der Waals surface area (Å²) >= 11 is 0. The number of hydrogen-bond donors (Lipinski definition) is 4. The third-order valence-corrected chi connectivity index (χ3v) is 10.5. The van der Waals surface area contributed by atoms with Gasteiger partial charge in [-0.3, -0.25) is 10.6 Å². The number of anilines is 2. The van der Waals surface area contributed by atoms with Gasteiger partial charge in [0, 0.05) is 6.07 Å². The highest BCUT2D eigenvalue weighted by atomic mass is 16.5. The number of nitrogen functional groups attached to an aromatic ring is 2. The first kappa shape index (κ1) is 41.7. The highest BCUT2D eigenvalue weighted by Crippen LogP contribution is 2.36. The van der Waals surface area contributed by atoms with Gasteiger partial charge in [0.25, 0.3) is 0 Å². The van der Waals surface area contributed by atoms with Crippen LogP contribution in [0.4, 0.5) is 34.6 Å². The highest BCUT2D eigenvalue weighted by molar-refractivity contribution is 5.94. The van der Waals surface area contributed by atoms with E-state index in [-0.39, 0.29) is 46.7 Å². The summed E-state index contributed by atoms with van der Waals surface area (Å²) < 4.78 is 16.3. The minimum absolute atomic E-state index is 0.163. The van der Waals surface area contributed by atoms with E-state index < -0.39 is 11.9 Å². The van der Waals surface area contributed by atoms with Crippen LogP contribution in [0.2, 0.25) is 0 Å². The summed E-state index contributed by atoms with van der Waals surface area (Å²) in [6, 6.07) is 1.65. The zero-order chi connectivity index (χ0) is 42.2. The maximum Gasteiger partial charge on any atom is 0.343 e. The second kappa shape index (κ2) is 19.1. The van der Waals surface area contributed by atoms with E-state index in [0.29, 0.717) is 47.2 Å². The molecule has 2 atom stereocenters. The number of nitrogens with zero attached hydrogens (tertiary/aromatic N) is 14. The zero-order valence-electron chi connectivity index (χ0n) is 34.4. The van der Waals surface area contributed by atoms with Crippen LogP contribution in [0.5, 0.6) is 0 Å². The Kier molecular flexibility index (Phi) is 13.3. The Morgan fingerprint density at radius 1 is 0.717 bits per heavy atom. The van der Waals surface area contributed by atoms with Crippen LogP contribution in [0.3, 0.4) is 0 Å². The van der Waals surface area contributed by atoms with Crippen LogP contribution in [-0.4, -0.2) is 88.3 Å². The molecule has 22 nitrogen and oxygen atoms in total. The van der Waals surface area contributed by atoms with Crippen molar-refractivity contribution in [3.63, 3.8) is 0 Å². The standard InChI is InChI=1S/C38H52N18O4/c1-5-7-13-25-31(47-49-35-23(37(57)59-3)20-45-55(35)27-15-9-11-17-41-27)33(39)53(51-25)29-19-30(44-22-43-29)54-34(40)32(26(52-54)14-8-6-2)48-50-36-24(38(58)60-4)21-46-56(36)28-16-10-12-18-42-28/h19-22,27-28,41-42H,5-18,39-40H2,1-4H3/b49-47+,50-48+. The van der Waals surface area contributed by atoms with Gasteiger partial charge in [0.05, 0.1) is 38.0 Å². The van der Waals surface area contributed by atoms with Gasteiger partial charge < -0.3 is 20.9 Å². The monoisotopic (exact) mass is 824 g/mol. The number of aromatic nitrogens is 10. The number of azo groups is 2. The Balaban J connectivity index is 1.25. The van der Waals surface area contributed by atoms with Crippen LogP contribution in [0.15, 0.2) is 45.2 Å². The number of methoxy groups -OCH3 is 2. The third-order valence-electron chi connectivity index (χ3n) is 10.5. The van der Waals surface area contributed by atoms with Crippen LogP contribution < -0.4 is 22.1 Å². The molecule has 5 aromatic rings. The molecule has 0 saturated carbocycles. The molecule has 7 heterocycles. The number of nitrogens with two attached hydrogens (primary N) is 2. The first-order valence-corrected chi connectivity index (χ1v) is 20.5. The SMILES string of the molecule is CCCCc1nn(-c2cc(-n3nc(CCCC)c(/N=N/c4c(C(=O)OC)cnn4C4CCCCN4)c3N)ncn2)c(N)c1/N=N/c1c(C(=O)OC)cnn1C1CCCCN1. The smallest absolute Gasteiger partial charge is 0.343 e. The average Bonchev–Trinajstić information content (AvgIpc) is 4.06. The molecule has 5 aromatic heterocycles. The van der Waals surface area contributed by atoms with Gasteiger partial charge in [-0.2, -0.15) is 29.8 Å². The minimum atomic E-state index is -0.580. The molecule has 0 radical (unpaired) electrons. The molecule has 0 aromatic carbocycles. The molecule has 6 N–H and O–H groups in total. The fourth-order valence-corrected chi connectivity index (χ4v) is 7.26. The van der Waals surface area contributed by atoms with Gasteiger partial charge in [0.1, 0.15) is 29.8 Å². The Bertz CT molecular complexity index is 2190. The minimum Gasteiger partial charge on any atom is -0.465 e. The molecule has 22 heteroatoms. The quantitative estimate of drug-likeness (QED) is 0.0653. The van der Waals surface area contributed by atoms with Gasteiger partial charge in [-0.15, -0.1) is 20.5 Å². The van der Waals surface area contributed by atoms with E-state index in [2.05, 4.69) is 65.1 Å². The molecular weight excluding hydrogens is 773 g/mol. The maximum atomic E-state index is 12.8. The van der Waals surface area contributed by atoms with Crippen molar-refractivity contribution < 1.29 is 19.1 Å². The van der Waals surface area contributed by atoms with E-state index in [4.69, 9.17) is 31.1 Å². The Hall–Kier alpha value is -6.42. The van der Waals surface area contributed by atoms with Crippen molar-refractivity contribution in [1.29, 1.82) is 0 Å². The van der Waals surface area contributed by atoms with Crippen molar-refractivity contribution in [2.45, 2.75) is 103 Å². The Morgan fingerprint density at radius 2 is 1.17 bits per heavy atom. The van der Waals surface area contributed by atoms with Crippen molar-refractivity contribution in [2.75, 3.05) is 38.8 Å². The Labute approximate surface area is 346 Å². The van der Waals surface area contributed by atoms with Crippen LogP contribution >= 0.6 is 0 Å². The summed E-state index contributed by atoms with van der Waals surface area (Å²) in [6.45, 7) is 5.78. The number of hydrogen-bond acceptors (Lipinski definition) is 18. The Morgan fingerprint density at radius 3 is 1.55 bits per heavy atom. The number of aryl methyl sites for hydroxylation is 2. The summed E-state index contributed by atoms with van der Waals surface area (Å²) in [4.78, 5) is 34.5. The molecule has 318 valence electrons. The molecule has 2 fully saturated rings. The second-order valence-corrected chi connectivity index (χ2v) is 14.6. The molecule has 0 spiro atoms. The molecule has 2 unspecified atom stereocenters. The zero-order valence-corrected chi connectivity index (χ0v) is 34.4. The van der Waals surface area contributed by atoms with E-state index >= 15 is 0 Å². The highest BCUT2D eigenvalue weighted by Gasteiger charge is 2.28. The van der Waals surface area contributed by atoms with Crippen molar-refractivity contribution >= 4 is 46.6 Å². The van der Waals surface area contributed by atoms with Gasteiger partial charge in [-0.25, -0.2) is 28.9 Å². The number of piperidine rings is 2. The van der Waals surface area contributed by atoms with Gasteiger partial charge in [0.2, 0.25) is 0 Å². The van der Waals surface area contributed by atoms with Crippen LogP contribution in [0.1, 0.15) is 122 Å². The molecule has 60 heavy (non-hydrogen) atoms. The number of unbranched alkanes of at least 4 members (excludes halogenated alkanes) is 2. The molecule has 2 aliphatic heterocycles. The first-order valence-electron chi connectivity index (χ1n) is 20.5. The van der Waals surface area contributed by atoms with Gasteiger partial charge in [0.15, 0.2) is 46.3 Å². The number of carbonyl (C=O) groups excluding carboxylic acids is 2. The van der Waals surface area contributed by atoms with Crippen LogP contribution in [0, 0.1) is 0 Å². The second-order valence-electron chi connectivity index (χ2n) is 14.6. The van der Waals surface area contributed by atoms with Crippen molar-refractivity contribution in [2.24, 2.45) is 20.5 Å². The van der Waals surface area contributed by atoms with Crippen molar-refractivity contribution in [3.8, 4) is 11.6 Å². The number of ether oxygens (including phenoxy) is 2. The van der Waals surface area contributed by atoms with Crippen LogP contribution in [0.25, 0.3) is 11.6 Å². The first-order chi connectivity index (χ1) is 29.3. The molecule has 2 saturated heterocycles. The van der Waals surface area contributed by atoms with E-state index in [1.807, 2.05) is 0 Å². The van der Waals surface area contributed by atoms with Crippen molar-refractivity contribution in [3.05, 3.63) is 47.3 Å². The molecule has 0 bridgehead atoms. The van der Waals surface area contributed by atoms with Crippen molar-refractivity contribution in [1.82, 2.24) is 59.7 Å². The summed E-state index contributed by atoms with van der Waals surface area (Å²) in [7, 11) is 2.62. The lowest BCUT2D eigenvalue weighted by Gasteiger charge is -2.24. The topological polar surface area (TPSA) is 275 Å². The summed E-state index contributed by atoms with van der Waals surface area (Å²) in [6.07, 6.45) is 14.2. The lowest BCUT2D eigenvalue weighted by atomic mass is 10.1. The van der Waals surface area contributed by atoms with Gasteiger partial charge in [-0.1, -0.05) is 26.7 Å². The van der Waals surface area contributed by atoms with E-state index in [9.17, 15) is 9.59 Å². The fourth-order valence-electron chi connectivity index (χ4n) is 7.26. The van der Waals surface area contributed by atoms with E-state index in [0.717, 1.165) is 77.3 Å². The summed E-state index contributed by atoms with van der Waals surface area (Å²) in [5.74, 6) is 0.328. The van der Waals surface area contributed by atoms with Crippen LogP contribution in [-0.2, 0) is 22.3 Å². The normalized spacial score (nSPS) is 17.2. The van der Waals surface area contributed by atoms with Gasteiger partial charge in [-0.05, 0) is 77.3 Å².